The Morgan fingerprint density at radius 3 is 0.846 bits per heavy atom. The van der Waals surface area contributed by atoms with Gasteiger partial charge in [0, 0.05) is 6.61 Å². The molecule has 0 atom stereocenters. The molecule has 0 unspecified atom stereocenters. The molecular formula is C2H12O9P2. The summed E-state index contributed by atoms with van der Waals surface area (Å²) in [6.07, 6.45) is 0. The molecule has 0 rings (SSSR count). The van der Waals surface area contributed by atoms with Crippen LogP contribution >= 0.6 is 15.6 Å². The maximum atomic E-state index is 8.88. The van der Waals surface area contributed by atoms with Gasteiger partial charge in [-0.15, -0.1) is 0 Å². The molecule has 84 valence electrons. The van der Waals surface area contributed by atoms with E-state index >= 15 is 0 Å². The fraction of sp³-hybridized carbons (Fsp3) is 1.00. The first-order chi connectivity index (χ1) is 5.41. The van der Waals surface area contributed by atoms with Gasteiger partial charge in [0.25, 0.3) is 0 Å². The molecular weight excluding hydrogens is 230 g/mol. The molecule has 0 bridgehead atoms. The van der Waals surface area contributed by atoms with E-state index in [1.165, 1.54) is 0 Å². The van der Waals surface area contributed by atoms with E-state index in [2.05, 4.69) is 0 Å². The highest BCUT2D eigenvalue weighted by atomic mass is 31.2. The molecule has 0 aromatic carbocycles. The van der Waals surface area contributed by atoms with Crippen molar-refractivity contribution in [3.8, 4) is 0 Å². The lowest BCUT2D eigenvalue weighted by molar-refractivity contribution is 0.272. The minimum atomic E-state index is -4.64. The van der Waals surface area contributed by atoms with Crippen LogP contribution in [0.25, 0.3) is 0 Å². The minimum absolute atomic E-state index is 0.250. The van der Waals surface area contributed by atoms with Gasteiger partial charge in [0.15, 0.2) is 0 Å². The van der Waals surface area contributed by atoms with E-state index in [4.69, 9.17) is 43.6 Å². The molecule has 0 heterocycles. The van der Waals surface area contributed by atoms with Gasteiger partial charge in [0.2, 0.25) is 0 Å². The quantitative estimate of drug-likeness (QED) is 0.240. The topological polar surface area (TPSA) is 176 Å². The summed E-state index contributed by atoms with van der Waals surface area (Å²) >= 11 is 0. The van der Waals surface area contributed by atoms with Crippen LogP contribution in [-0.4, -0.2) is 41.1 Å². The van der Waals surface area contributed by atoms with Crippen molar-refractivity contribution in [1.29, 1.82) is 0 Å². The van der Waals surface area contributed by atoms with Crippen LogP contribution < -0.4 is 0 Å². The monoisotopic (exact) mass is 242 g/mol. The molecule has 0 saturated carbocycles. The highest BCUT2D eigenvalue weighted by molar-refractivity contribution is 7.45. The second kappa shape index (κ2) is 8.76. The molecule has 0 amide bonds. The predicted molar refractivity (Wildman–Crippen MR) is 41.3 cm³/mol. The Bertz CT molecular complexity index is 140. The summed E-state index contributed by atoms with van der Waals surface area (Å²) in [6.45, 7) is 1.93. The third-order valence-corrected chi connectivity index (χ3v) is 0. The highest BCUT2D eigenvalue weighted by Crippen LogP contribution is 2.26. The van der Waals surface area contributed by atoms with Crippen molar-refractivity contribution in [2.75, 3.05) is 6.61 Å². The largest absolute Gasteiger partial charge is 0.466 e. The first-order valence-corrected chi connectivity index (χ1v) is 5.72. The average molecular weight is 242 g/mol. The molecule has 0 aromatic heterocycles. The fourth-order valence-electron chi connectivity index (χ4n) is 0. The SMILES string of the molecule is CCO.O=P(O)(O)O.O=P(O)(O)O. The first-order valence-electron chi connectivity index (χ1n) is 2.59. The summed E-state index contributed by atoms with van der Waals surface area (Å²) in [6, 6.07) is 0. The van der Waals surface area contributed by atoms with Gasteiger partial charge in [-0.3, -0.25) is 0 Å². The summed E-state index contributed by atoms with van der Waals surface area (Å²) < 4.78 is 17.8. The Hall–Kier alpha value is 0.180. The van der Waals surface area contributed by atoms with Crippen molar-refractivity contribution in [3.63, 3.8) is 0 Å². The molecule has 0 aliphatic rings. The number of hydrogen-bond donors (Lipinski definition) is 7. The first kappa shape index (κ1) is 18.9. The summed E-state index contributed by atoms with van der Waals surface area (Å²) in [4.78, 5) is 43.1. The highest BCUT2D eigenvalue weighted by Gasteiger charge is 2.00. The van der Waals surface area contributed by atoms with Crippen molar-refractivity contribution in [1.82, 2.24) is 0 Å². The molecule has 0 spiro atoms. The second-order valence-electron chi connectivity index (χ2n) is 1.34. The zero-order chi connectivity index (χ0) is 11.7. The molecule has 13 heavy (non-hydrogen) atoms. The normalized spacial score (nSPS) is 10.5. The van der Waals surface area contributed by atoms with Gasteiger partial charge in [-0.1, -0.05) is 0 Å². The van der Waals surface area contributed by atoms with Crippen molar-refractivity contribution >= 4 is 15.6 Å². The minimum Gasteiger partial charge on any atom is -0.397 e. The van der Waals surface area contributed by atoms with Crippen LogP contribution in [0.4, 0.5) is 0 Å². The van der Waals surface area contributed by atoms with Crippen molar-refractivity contribution in [3.05, 3.63) is 0 Å². The molecule has 0 fully saturated rings. The Balaban J connectivity index is -0.000000120. The summed E-state index contributed by atoms with van der Waals surface area (Å²) in [7, 11) is -9.28. The lowest BCUT2D eigenvalue weighted by Crippen LogP contribution is -1.66. The fourth-order valence-corrected chi connectivity index (χ4v) is 0. The van der Waals surface area contributed by atoms with E-state index in [0.29, 0.717) is 0 Å². The lowest BCUT2D eigenvalue weighted by atomic mass is 10.9. The van der Waals surface area contributed by atoms with Crippen LogP contribution in [0.3, 0.4) is 0 Å². The maximum absolute atomic E-state index is 8.88. The van der Waals surface area contributed by atoms with E-state index in [1.807, 2.05) is 0 Å². The molecule has 9 nitrogen and oxygen atoms in total. The van der Waals surface area contributed by atoms with E-state index in [-0.39, 0.29) is 6.61 Å². The zero-order valence-electron chi connectivity index (χ0n) is 6.55. The predicted octanol–water partition coefficient (Wildman–Crippen LogP) is -1.86. The smallest absolute Gasteiger partial charge is 0.397 e. The third-order valence-electron chi connectivity index (χ3n) is 0. The molecule has 0 radical (unpaired) electrons. The van der Waals surface area contributed by atoms with E-state index in [0.717, 1.165) is 0 Å². The number of aliphatic hydroxyl groups excluding tert-OH is 1. The van der Waals surface area contributed by atoms with Gasteiger partial charge >= 0.3 is 15.6 Å². The van der Waals surface area contributed by atoms with Crippen LogP contribution in [-0.2, 0) is 9.13 Å². The van der Waals surface area contributed by atoms with Crippen molar-refractivity contribution in [2.45, 2.75) is 6.92 Å². The summed E-state index contributed by atoms with van der Waals surface area (Å²) in [5, 5.41) is 7.57. The molecule has 0 saturated heterocycles. The van der Waals surface area contributed by atoms with E-state index < -0.39 is 15.6 Å². The Morgan fingerprint density at radius 1 is 0.846 bits per heavy atom. The van der Waals surface area contributed by atoms with Crippen LogP contribution in [0.2, 0.25) is 0 Å². The lowest BCUT2D eigenvalue weighted by Gasteiger charge is -1.82. The molecule has 7 N–H and O–H groups in total. The van der Waals surface area contributed by atoms with Crippen LogP contribution in [0.15, 0.2) is 0 Å². The maximum Gasteiger partial charge on any atom is 0.466 e. The van der Waals surface area contributed by atoms with Gasteiger partial charge in [-0.05, 0) is 6.92 Å². The average Bonchev–Trinajstić information content (AvgIpc) is 1.52. The summed E-state index contributed by atoms with van der Waals surface area (Å²) in [5.74, 6) is 0. The zero-order valence-corrected chi connectivity index (χ0v) is 8.34. The second-order valence-corrected chi connectivity index (χ2v) is 3.40. The Labute approximate surface area is 73.8 Å². The van der Waals surface area contributed by atoms with Gasteiger partial charge in [-0.2, -0.15) is 0 Å². The number of aliphatic hydroxyl groups is 1. The van der Waals surface area contributed by atoms with Gasteiger partial charge < -0.3 is 34.5 Å². The van der Waals surface area contributed by atoms with Gasteiger partial charge in [0.05, 0.1) is 0 Å². The Morgan fingerprint density at radius 2 is 0.846 bits per heavy atom. The standard InChI is InChI=1S/C2H6O.2H3O4P/c1-2-3;2*1-5(2,3)4/h3H,2H2,1H3;2*(H3,1,2,3,4). The molecule has 0 aliphatic heterocycles. The van der Waals surface area contributed by atoms with Crippen LogP contribution in [0.5, 0.6) is 0 Å². The number of hydrogen-bond acceptors (Lipinski definition) is 3. The van der Waals surface area contributed by atoms with Crippen LogP contribution in [0, 0.1) is 0 Å². The van der Waals surface area contributed by atoms with Gasteiger partial charge in [-0.25, -0.2) is 9.13 Å². The van der Waals surface area contributed by atoms with E-state index in [9.17, 15) is 0 Å². The Kier molecular flexibility index (Phi) is 12.7. The summed E-state index contributed by atoms with van der Waals surface area (Å²) in [5.41, 5.74) is 0. The molecule has 0 aliphatic carbocycles. The van der Waals surface area contributed by atoms with Crippen molar-refractivity contribution < 1.29 is 43.6 Å². The van der Waals surface area contributed by atoms with Crippen molar-refractivity contribution in [2.24, 2.45) is 0 Å². The van der Waals surface area contributed by atoms with E-state index in [1.54, 1.807) is 6.92 Å². The number of rotatable bonds is 0. The molecule has 0 aromatic rings. The van der Waals surface area contributed by atoms with Crippen LogP contribution in [0.1, 0.15) is 6.92 Å². The molecule has 11 heteroatoms. The number of phosphoric acid groups is 2. The van der Waals surface area contributed by atoms with Gasteiger partial charge in [0.1, 0.15) is 0 Å². The third kappa shape index (κ3) is 39000.